The predicted molar refractivity (Wildman–Crippen MR) is 80.6 cm³/mol. The van der Waals surface area contributed by atoms with Gasteiger partial charge in [0.1, 0.15) is 11.6 Å². The van der Waals surface area contributed by atoms with Gasteiger partial charge in [0.2, 0.25) is 5.91 Å². The lowest BCUT2D eigenvalue weighted by Crippen LogP contribution is -2.33. The molecule has 1 aromatic heterocycles. The summed E-state index contributed by atoms with van der Waals surface area (Å²) in [5.41, 5.74) is 6.23. The zero-order chi connectivity index (χ0) is 15.6. The average molecular weight is 309 g/mol. The van der Waals surface area contributed by atoms with Gasteiger partial charge in [-0.3, -0.25) is 19.1 Å². The molecule has 0 atom stereocenters. The number of anilines is 2. The Balaban J connectivity index is 2.17. The summed E-state index contributed by atoms with van der Waals surface area (Å²) in [5.74, 6) is -0.423. The van der Waals surface area contributed by atoms with E-state index in [0.29, 0.717) is 11.4 Å². The summed E-state index contributed by atoms with van der Waals surface area (Å²) in [4.78, 5) is 36.6. The monoisotopic (exact) mass is 308 g/mol. The first-order chi connectivity index (χ1) is 9.86. The largest absolute Gasteiger partial charge is 0.399 e. The van der Waals surface area contributed by atoms with Gasteiger partial charge in [0.15, 0.2) is 0 Å². The Hall–Kier alpha value is -2.54. The Morgan fingerprint density at radius 2 is 2.14 bits per heavy atom. The molecule has 0 saturated heterocycles. The first-order valence-electron chi connectivity index (χ1n) is 6.02. The number of aryl methyl sites for hydroxylation is 1. The topological polar surface area (TPSA) is 110 Å². The second kappa shape index (κ2) is 5.84. The van der Waals surface area contributed by atoms with Gasteiger partial charge in [-0.25, -0.2) is 4.79 Å². The highest BCUT2D eigenvalue weighted by Crippen LogP contribution is 2.17. The van der Waals surface area contributed by atoms with Crippen LogP contribution in [0.1, 0.15) is 5.56 Å². The summed E-state index contributed by atoms with van der Waals surface area (Å²) in [5, 5.41) is 2.50. The second-order valence-electron chi connectivity index (χ2n) is 4.49. The van der Waals surface area contributed by atoms with E-state index in [0.717, 1.165) is 16.3 Å². The van der Waals surface area contributed by atoms with Crippen LogP contribution in [-0.4, -0.2) is 15.5 Å². The minimum atomic E-state index is -0.700. The van der Waals surface area contributed by atoms with Crippen LogP contribution in [0, 0.1) is 6.92 Å². The zero-order valence-corrected chi connectivity index (χ0v) is 11.9. The van der Waals surface area contributed by atoms with Crippen molar-refractivity contribution in [2.24, 2.45) is 0 Å². The van der Waals surface area contributed by atoms with Crippen LogP contribution in [0.2, 0.25) is 5.02 Å². The van der Waals surface area contributed by atoms with Crippen molar-refractivity contribution in [1.29, 1.82) is 0 Å². The van der Waals surface area contributed by atoms with Crippen LogP contribution in [0.15, 0.2) is 34.0 Å². The minimum absolute atomic E-state index is 0.161. The first kappa shape index (κ1) is 14.9. The number of carbonyl (C=O) groups is 1. The third kappa shape index (κ3) is 3.51. The number of hydrogen-bond acceptors (Lipinski definition) is 4. The Bertz CT molecular complexity index is 810. The molecular weight excluding hydrogens is 296 g/mol. The fraction of sp³-hybridized carbons (Fsp3) is 0.154. The molecule has 0 aliphatic carbocycles. The van der Waals surface area contributed by atoms with Crippen LogP contribution in [0.5, 0.6) is 0 Å². The van der Waals surface area contributed by atoms with E-state index in [1.165, 1.54) is 0 Å². The molecule has 8 heteroatoms. The van der Waals surface area contributed by atoms with Crippen molar-refractivity contribution in [1.82, 2.24) is 9.55 Å². The molecule has 0 spiro atoms. The summed E-state index contributed by atoms with van der Waals surface area (Å²) in [6, 6.07) is 5.05. The molecule has 0 bridgehead atoms. The van der Waals surface area contributed by atoms with Crippen molar-refractivity contribution in [2.45, 2.75) is 13.5 Å². The third-order valence-corrected chi connectivity index (χ3v) is 3.08. The average Bonchev–Trinajstić information content (AvgIpc) is 2.39. The number of hydrogen-bond donors (Lipinski definition) is 3. The van der Waals surface area contributed by atoms with Crippen LogP contribution in [0.25, 0.3) is 0 Å². The lowest BCUT2D eigenvalue weighted by atomic mass is 10.2. The number of amides is 1. The Labute approximate surface area is 124 Å². The molecule has 1 aromatic carbocycles. The minimum Gasteiger partial charge on any atom is -0.399 e. The van der Waals surface area contributed by atoms with E-state index in [1.807, 2.05) is 4.98 Å². The quantitative estimate of drug-likeness (QED) is 0.726. The summed E-state index contributed by atoms with van der Waals surface area (Å²) in [7, 11) is 0. The number of aromatic amines is 1. The Morgan fingerprint density at radius 1 is 1.43 bits per heavy atom. The van der Waals surface area contributed by atoms with Crippen LogP contribution in [0.4, 0.5) is 11.4 Å². The maximum atomic E-state index is 11.9. The van der Waals surface area contributed by atoms with Gasteiger partial charge in [-0.15, -0.1) is 0 Å². The SMILES string of the molecule is Cc1cc(N)ccc1NC(=O)Cn1cc(Cl)c(=O)[nH]c1=O. The van der Waals surface area contributed by atoms with Crippen molar-refractivity contribution in [2.75, 3.05) is 11.1 Å². The van der Waals surface area contributed by atoms with E-state index in [9.17, 15) is 14.4 Å². The number of aromatic nitrogens is 2. The number of rotatable bonds is 3. The smallest absolute Gasteiger partial charge is 0.328 e. The van der Waals surface area contributed by atoms with Crippen molar-refractivity contribution in [3.05, 3.63) is 55.8 Å². The molecule has 0 aliphatic rings. The molecular formula is C13H13ClN4O3. The number of halogens is 1. The number of nitrogens with zero attached hydrogens (tertiary/aromatic N) is 1. The van der Waals surface area contributed by atoms with E-state index in [4.69, 9.17) is 17.3 Å². The molecule has 4 N–H and O–H groups in total. The lowest BCUT2D eigenvalue weighted by molar-refractivity contribution is -0.116. The molecule has 2 rings (SSSR count). The molecule has 2 aromatic rings. The number of H-pyrrole nitrogens is 1. The van der Waals surface area contributed by atoms with Gasteiger partial charge in [-0.05, 0) is 30.7 Å². The standard InChI is InChI=1S/C13H13ClN4O3/c1-7-4-8(15)2-3-10(7)16-11(19)6-18-5-9(14)12(20)17-13(18)21/h2-5H,6,15H2,1H3,(H,16,19)(H,17,20,21). The molecule has 21 heavy (non-hydrogen) atoms. The first-order valence-corrected chi connectivity index (χ1v) is 6.40. The van der Waals surface area contributed by atoms with Gasteiger partial charge in [0.25, 0.3) is 5.56 Å². The number of nitrogen functional groups attached to an aromatic ring is 1. The molecule has 7 nitrogen and oxygen atoms in total. The van der Waals surface area contributed by atoms with Gasteiger partial charge in [-0.2, -0.15) is 0 Å². The number of carbonyl (C=O) groups excluding carboxylic acids is 1. The highest BCUT2D eigenvalue weighted by Gasteiger charge is 2.09. The second-order valence-corrected chi connectivity index (χ2v) is 4.89. The van der Waals surface area contributed by atoms with Crippen LogP contribution >= 0.6 is 11.6 Å². The molecule has 1 amide bonds. The normalized spacial score (nSPS) is 10.4. The molecule has 110 valence electrons. The van der Waals surface area contributed by atoms with E-state index >= 15 is 0 Å². The Morgan fingerprint density at radius 3 is 2.81 bits per heavy atom. The van der Waals surface area contributed by atoms with Gasteiger partial charge >= 0.3 is 5.69 Å². The van der Waals surface area contributed by atoms with E-state index < -0.39 is 17.2 Å². The lowest BCUT2D eigenvalue weighted by Gasteiger charge is -2.10. The van der Waals surface area contributed by atoms with Crippen LogP contribution in [-0.2, 0) is 11.3 Å². The van der Waals surface area contributed by atoms with Crippen molar-refractivity contribution in [3.8, 4) is 0 Å². The predicted octanol–water partition coefficient (Wildman–Crippen LogP) is 0.719. The van der Waals surface area contributed by atoms with Crippen molar-refractivity contribution in [3.63, 3.8) is 0 Å². The number of benzene rings is 1. The van der Waals surface area contributed by atoms with Gasteiger partial charge in [-0.1, -0.05) is 11.6 Å². The maximum Gasteiger partial charge on any atom is 0.328 e. The van der Waals surface area contributed by atoms with Crippen molar-refractivity contribution < 1.29 is 4.79 Å². The van der Waals surface area contributed by atoms with E-state index in [2.05, 4.69) is 5.32 Å². The fourth-order valence-electron chi connectivity index (χ4n) is 1.77. The summed E-state index contributed by atoms with van der Waals surface area (Å²) >= 11 is 5.62. The van der Waals surface area contributed by atoms with E-state index in [1.54, 1.807) is 25.1 Å². The summed E-state index contributed by atoms with van der Waals surface area (Å²) in [6.07, 6.45) is 1.12. The number of nitrogens with two attached hydrogens (primary N) is 1. The third-order valence-electron chi connectivity index (χ3n) is 2.81. The highest BCUT2D eigenvalue weighted by molar-refractivity contribution is 6.30. The van der Waals surface area contributed by atoms with Gasteiger partial charge < -0.3 is 11.1 Å². The highest BCUT2D eigenvalue weighted by atomic mass is 35.5. The van der Waals surface area contributed by atoms with Crippen LogP contribution in [0.3, 0.4) is 0 Å². The molecule has 1 heterocycles. The molecule has 0 fully saturated rings. The summed E-state index contributed by atoms with van der Waals surface area (Å²) in [6.45, 7) is 1.54. The fourth-order valence-corrected chi connectivity index (χ4v) is 1.94. The van der Waals surface area contributed by atoms with Crippen molar-refractivity contribution >= 4 is 28.9 Å². The van der Waals surface area contributed by atoms with Gasteiger partial charge in [0, 0.05) is 17.6 Å². The summed E-state index contributed by atoms with van der Waals surface area (Å²) < 4.78 is 1.02. The molecule has 0 radical (unpaired) electrons. The van der Waals surface area contributed by atoms with Crippen LogP contribution < -0.4 is 22.3 Å². The molecule has 0 aliphatic heterocycles. The Kier molecular flexibility index (Phi) is 4.13. The van der Waals surface area contributed by atoms with E-state index in [-0.39, 0.29) is 11.6 Å². The molecule has 0 saturated carbocycles. The number of nitrogens with one attached hydrogen (secondary N) is 2. The van der Waals surface area contributed by atoms with Gasteiger partial charge in [0.05, 0.1) is 0 Å². The molecule has 0 unspecified atom stereocenters. The zero-order valence-electron chi connectivity index (χ0n) is 11.1. The maximum absolute atomic E-state index is 11.9.